The highest BCUT2D eigenvalue weighted by molar-refractivity contribution is 7.12. The van der Waals surface area contributed by atoms with Crippen LogP contribution in [0.1, 0.15) is 40.0 Å². The average molecular weight is 289 g/mol. The van der Waals surface area contributed by atoms with E-state index in [4.69, 9.17) is 0 Å². The van der Waals surface area contributed by atoms with E-state index >= 15 is 0 Å². The molecular formula is C16H19NO2S. The highest BCUT2D eigenvalue weighted by Gasteiger charge is 2.20. The number of nitrogens with one attached hydrogen (secondary N) is 1. The Morgan fingerprint density at radius 2 is 1.90 bits per heavy atom. The molecule has 2 atom stereocenters. The Morgan fingerprint density at radius 3 is 2.45 bits per heavy atom. The van der Waals surface area contributed by atoms with Gasteiger partial charge in [-0.25, -0.2) is 0 Å². The number of aliphatic hydroxyl groups is 1. The Kier molecular flexibility index (Phi) is 4.57. The summed E-state index contributed by atoms with van der Waals surface area (Å²) in [5, 5.41) is 12.9. The lowest BCUT2D eigenvalue weighted by Gasteiger charge is -2.17. The molecule has 0 fully saturated rings. The SMILES string of the molecule is Cc1cc(C(C)NC(=O)C(O)c2ccccc2)c(C)s1. The van der Waals surface area contributed by atoms with E-state index in [0.717, 1.165) is 5.56 Å². The van der Waals surface area contributed by atoms with Gasteiger partial charge >= 0.3 is 0 Å². The molecule has 1 aromatic carbocycles. The minimum atomic E-state index is -1.13. The minimum absolute atomic E-state index is 0.106. The van der Waals surface area contributed by atoms with Crippen LogP contribution in [0, 0.1) is 13.8 Å². The fourth-order valence-electron chi connectivity index (χ4n) is 2.24. The summed E-state index contributed by atoms with van der Waals surface area (Å²) in [7, 11) is 0. The lowest BCUT2D eigenvalue weighted by molar-refractivity contribution is -0.130. The van der Waals surface area contributed by atoms with Crippen LogP contribution >= 0.6 is 11.3 Å². The molecule has 0 bridgehead atoms. The topological polar surface area (TPSA) is 49.3 Å². The zero-order valence-corrected chi connectivity index (χ0v) is 12.7. The van der Waals surface area contributed by atoms with E-state index in [9.17, 15) is 9.90 Å². The first kappa shape index (κ1) is 14.8. The summed E-state index contributed by atoms with van der Waals surface area (Å²) in [6, 6.07) is 10.9. The van der Waals surface area contributed by atoms with Crippen molar-refractivity contribution < 1.29 is 9.90 Å². The molecular weight excluding hydrogens is 270 g/mol. The molecule has 0 saturated heterocycles. The fourth-order valence-corrected chi connectivity index (χ4v) is 3.26. The number of benzene rings is 1. The summed E-state index contributed by atoms with van der Waals surface area (Å²) in [4.78, 5) is 14.5. The number of carbonyl (C=O) groups is 1. The lowest BCUT2D eigenvalue weighted by Crippen LogP contribution is -2.31. The van der Waals surface area contributed by atoms with Crippen molar-refractivity contribution in [3.8, 4) is 0 Å². The third kappa shape index (κ3) is 3.26. The molecule has 2 rings (SSSR count). The maximum atomic E-state index is 12.1. The van der Waals surface area contributed by atoms with Crippen LogP contribution < -0.4 is 5.32 Å². The summed E-state index contributed by atoms with van der Waals surface area (Å²) < 4.78 is 0. The molecule has 1 aromatic heterocycles. The molecule has 0 saturated carbocycles. The van der Waals surface area contributed by atoms with Crippen molar-refractivity contribution in [1.29, 1.82) is 0 Å². The molecule has 4 heteroatoms. The van der Waals surface area contributed by atoms with Crippen molar-refractivity contribution in [3.05, 3.63) is 57.3 Å². The summed E-state index contributed by atoms with van der Waals surface area (Å²) >= 11 is 1.72. The van der Waals surface area contributed by atoms with E-state index in [1.807, 2.05) is 32.0 Å². The Balaban J connectivity index is 2.06. The second-order valence-electron chi connectivity index (χ2n) is 4.91. The predicted octanol–water partition coefficient (Wildman–Crippen LogP) is 3.28. The van der Waals surface area contributed by atoms with Crippen LogP contribution in [0.4, 0.5) is 0 Å². The fraction of sp³-hybridized carbons (Fsp3) is 0.312. The zero-order valence-electron chi connectivity index (χ0n) is 11.9. The van der Waals surface area contributed by atoms with E-state index in [2.05, 4.69) is 18.3 Å². The Morgan fingerprint density at radius 1 is 1.25 bits per heavy atom. The molecule has 106 valence electrons. The van der Waals surface area contributed by atoms with Gasteiger partial charge in [0.25, 0.3) is 5.91 Å². The van der Waals surface area contributed by atoms with E-state index in [-0.39, 0.29) is 11.9 Å². The van der Waals surface area contributed by atoms with Gasteiger partial charge in [0.1, 0.15) is 0 Å². The number of aliphatic hydroxyl groups excluding tert-OH is 1. The van der Waals surface area contributed by atoms with Crippen LogP contribution in [0.15, 0.2) is 36.4 Å². The first-order chi connectivity index (χ1) is 9.49. The van der Waals surface area contributed by atoms with Gasteiger partial charge in [-0.15, -0.1) is 11.3 Å². The molecule has 3 nitrogen and oxygen atoms in total. The highest BCUT2D eigenvalue weighted by Crippen LogP contribution is 2.26. The quantitative estimate of drug-likeness (QED) is 0.907. The largest absolute Gasteiger partial charge is 0.378 e. The third-order valence-electron chi connectivity index (χ3n) is 3.27. The summed E-state index contributed by atoms with van der Waals surface area (Å²) in [6.07, 6.45) is -1.13. The van der Waals surface area contributed by atoms with Crippen LogP contribution in [0.2, 0.25) is 0 Å². The van der Waals surface area contributed by atoms with E-state index in [1.54, 1.807) is 23.5 Å². The van der Waals surface area contributed by atoms with Crippen LogP contribution in [0.25, 0.3) is 0 Å². The van der Waals surface area contributed by atoms with Gasteiger partial charge in [0.05, 0.1) is 6.04 Å². The normalized spacial score (nSPS) is 13.8. The van der Waals surface area contributed by atoms with Gasteiger partial charge in [-0.3, -0.25) is 4.79 Å². The van der Waals surface area contributed by atoms with Crippen LogP contribution in [-0.4, -0.2) is 11.0 Å². The number of amides is 1. The number of rotatable bonds is 4. The average Bonchev–Trinajstić information content (AvgIpc) is 2.78. The highest BCUT2D eigenvalue weighted by atomic mass is 32.1. The number of hydrogen-bond acceptors (Lipinski definition) is 3. The first-order valence-electron chi connectivity index (χ1n) is 6.59. The molecule has 2 aromatic rings. The van der Waals surface area contributed by atoms with Crippen molar-refractivity contribution in [3.63, 3.8) is 0 Å². The van der Waals surface area contributed by atoms with Gasteiger partial charge in [-0.1, -0.05) is 30.3 Å². The Labute approximate surface area is 123 Å². The molecule has 2 unspecified atom stereocenters. The monoisotopic (exact) mass is 289 g/mol. The number of hydrogen-bond donors (Lipinski definition) is 2. The maximum Gasteiger partial charge on any atom is 0.253 e. The smallest absolute Gasteiger partial charge is 0.253 e. The van der Waals surface area contributed by atoms with E-state index < -0.39 is 6.10 Å². The van der Waals surface area contributed by atoms with Crippen LogP contribution in [0.5, 0.6) is 0 Å². The first-order valence-corrected chi connectivity index (χ1v) is 7.41. The third-order valence-corrected chi connectivity index (χ3v) is 4.25. The molecule has 0 spiro atoms. The van der Waals surface area contributed by atoms with Gasteiger partial charge in [-0.2, -0.15) is 0 Å². The van der Waals surface area contributed by atoms with Gasteiger partial charge in [0.15, 0.2) is 6.10 Å². The van der Waals surface area contributed by atoms with Gasteiger partial charge < -0.3 is 10.4 Å². The lowest BCUT2D eigenvalue weighted by atomic mass is 10.1. The van der Waals surface area contributed by atoms with E-state index in [0.29, 0.717) is 5.56 Å². The summed E-state index contributed by atoms with van der Waals surface area (Å²) in [5.41, 5.74) is 1.72. The molecule has 0 radical (unpaired) electrons. The summed E-state index contributed by atoms with van der Waals surface area (Å²) in [5.74, 6) is -0.369. The standard InChI is InChI=1S/C16H19NO2S/c1-10-9-14(12(3)20-10)11(2)17-16(19)15(18)13-7-5-4-6-8-13/h4-9,11,15,18H,1-3H3,(H,17,19). The van der Waals surface area contributed by atoms with Gasteiger partial charge in [0, 0.05) is 9.75 Å². The van der Waals surface area contributed by atoms with Gasteiger partial charge in [0.2, 0.25) is 0 Å². The molecule has 20 heavy (non-hydrogen) atoms. The summed E-state index contributed by atoms with van der Waals surface area (Å²) in [6.45, 7) is 6.03. The van der Waals surface area contributed by atoms with Crippen molar-refractivity contribution in [1.82, 2.24) is 5.32 Å². The minimum Gasteiger partial charge on any atom is -0.378 e. The van der Waals surface area contributed by atoms with Gasteiger partial charge in [-0.05, 0) is 38.0 Å². The number of thiophene rings is 1. The van der Waals surface area contributed by atoms with E-state index in [1.165, 1.54) is 9.75 Å². The van der Waals surface area contributed by atoms with Crippen molar-refractivity contribution in [2.45, 2.75) is 32.9 Å². The Bertz CT molecular complexity index is 592. The number of aryl methyl sites for hydroxylation is 2. The molecule has 2 N–H and O–H groups in total. The second-order valence-corrected chi connectivity index (χ2v) is 6.37. The van der Waals surface area contributed by atoms with Crippen LogP contribution in [0.3, 0.4) is 0 Å². The molecule has 0 aliphatic carbocycles. The molecule has 1 amide bonds. The zero-order chi connectivity index (χ0) is 14.7. The van der Waals surface area contributed by atoms with Crippen LogP contribution in [-0.2, 0) is 4.79 Å². The van der Waals surface area contributed by atoms with Crippen molar-refractivity contribution in [2.24, 2.45) is 0 Å². The maximum absolute atomic E-state index is 12.1. The van der Waals surface area contributed by atoms with Crippen molar-refractivity contribution in [2.75, 3.05) is 0 Å². The molecule has 0 aliphatic rings. The molecule has 0 aliphatic heterocycles. The molecule has 1 heterocycles. The Hall–Kier alpha value is -1.65. The second kappa shape index (κ2) is 6.20. The predicted molar refractivity (Wildman–Crippen MR) is 81.8 cm³/mol. The number of carbonyl (C=O) groups excluding carboxylic acids is 1. The van der Waals surface area contributed by atoms with Crippen molar-refractivity contribution >= 4 is 17.2 Å².